The lowest BCUT2D eigenvalue weighted by Gasteiger charge is -2.32. The third-order valence-corrected chi connectivity index (χ3v) is 5.36. The van der Waals surface area contributed by atoms with Crippen molar-refractivity contribution >= 4 is 23.2 Å². The quantitative estimate of drug-likeness (QED) is 0.793. The second kappa shape index (κ2) is 5.15. The van der Waals surface area contributed by atoms with Gasteiger partial charge in [0.15, 0.2) is 0 Å². The van der Waals surface area contributed by atoms with Crippen LogP contribution in [0, 0.1) is 12.7 Å². The lowest BCUT2D eigenvalue weighted by atomic mass is 9.84. The smallest absolute Gasteiger partial charge is 0.399 e. The molecule has 0 bridgehead atoms. The molecule has 2 heterocycles. The molecule has 1 fully saturated rings. The number of hydrogen-bond acceptors (Lipinski definition) is 4. The van der Waals surface area contributed by atoms with Gasteiger partial charge in [-0.15, -0.1) is 11.3 Å². The molecule has 22 heavy (non-hydrogen) atoms. The molecule has 3 rings (SSSR count). The SMILES string of the molecule is Cc1cc(F)ccc1-c1ncsc1B1OC(C)(C)C(C)(C)O1. The van der Waals surface area contributed by atoms with Crippen LogP contribution in [0.15, 0.2) is 23.7 Å². The summed E-state index contributed by atoms with van der Waals surface area (Å²) in [5.41, 5.74) is 3.56. The van der Waals surface area contributed by atoms with E-state index in [1.165, 1.54) is 23.5 Å². The first-order valence-corrected chi connectivity index (χ1v) is 8.15. The molecule has 1 aromatic heterocycles. The lowest BCUT2D eigenvalue weighted by molar-refractivity contribution is 0.00578. The fourth-order valence-electron chi connectivity index (χ4n) is 2.47. The molecule has 0 aliphatic carbocycles. The molecule has 0 unspecified atom stereocenters. The summed E-state index contributed by atoms with van der Waals surface area (Å²) in [7, 11) is -0.447. The summed E-state index contributed by atoms with van der Waals surface area (Å²) in [5, 5.41) is 0. The van der Waals surface area contributed by atoms with Crippen LogP contribution in [0.5, 0.6) is 0 Å². The van der Waals surface area contributed by atoms with E-state index in [4.69, 9.17) is 9.31 Å². The third kappa shape index (κ3) is 2.49. The summed E-state index contributed by atoms with van der Waals surface area (Å²) in [5.74, 6) is -0.242. The maximum Gasteiger partial charge on any atom is 0.507 e. The minimum absolute atomic E-state index is 0.242. The highest BCUT2D eigenvalue weighted by Gasteiger charge is 2.53. The van der Waals surface area contributed by atoms with Crippen LogP contribution in [0.1, 0.15) is 33.3 Å². The number of nitrogens with zero attached hydrogens (tertiary/aromatic N) is 1. The molecule has 0 radical (unpaired) electrons. The van der Waals surface area contributed by atoms with Gasteiger partial charge in [0.25, 0.3) is 0 Å². The number of benzene rings is 1. The number of thiazole rings is 1. The minimum Gasteiger partial charge on any atom is -0.399 e. The first-order chi connectivity index (χ1) is 10.2. The summed E-state index contributed by atoms with van der Waals surface area (Å²) in [6.07, 6.45) is 0. The molecule has 0 atom stereocenters. The van der Waals surface area contributed by atoms with E-state index in [1.807, 2.05) is 34.6 Å². The summed E-state index contributed by atoms with van der Waals surface area (Å²) in [4.78, 5) is 4.45. The Kier molecular flexibility index (Phi) is 3.66. The van der Waals surface area contributed by atoms with Crippen LogP contribution in [0.2, 0.25) is 0 Å². The Balaban J connectivity index is 2.00. The van der Waals surface area contributed by atoms with E-state index in [0.717, 1.165) is 21.6 Å². The highest BCUT2D eigenvalue weighted by Crippen LogP contribution is 2.37. The molecule has 0 N–H and O–H groups in total. The summed E-state index contributed by atoms with van der Waals surface area (Å²) in [6.45, 7) is 9.98. The van der Waals surface area contributed by atoms with Crippen LogP contribution in [-0.4, -0.2) is 23.3 Å². The molecule has 0 amide bonds. The predicted octanol–water partition coefficient (Wildman–Crippen LogP) is 3.56. The fraction of sp³-hybridized carbons (Fsp3) is 0.438. The molecular formula is C16H19BFNO2S. The maximum absolute atomic E-state index is 13.3. The van der Waals surface area contributed by atoms with Crippen molar-refractivity contribution in [1.29, 1.82) is 0 Å². The zero-order chi connectivity index (χ0) is 16.1. The Labute approximate surface area is 134 Å². The Morgan fingerprint density at radius 1 is 1.14 bits per heavy atom. The predicted molar refractivity (Wildman–Crippen MR) is 88.0 cm³/mol. The van der Waals surface area contributed by atoms with Crippen molar-refractivity contribution in [2.24, 2.45) is 0 Å². The van der Waals surface area contributed by atoms with Crippen molar-refractivity contribution in [2.75, 3.05) is 0 Å². The maximum atomic E-state index is 13.3. The number of halogens is 1. The number of hydrogen-bond donors (Lipinski definition) is 0. The van der Waals surface area contributed by atoms with E-state index >= 15 is 0 Å². The summed E-state index contributed by atoms with van der Waals surface area (Å²) >= 11 is 1.50. The van der Waals surface area contributed by atoms with Gasteiger partial charge in [0.05, 0.1) is 27.2 Å². The van der Waals surface area contributed by atoms with Gasteiger partial charge in [-0.1, -0.05) is 0 Å². The monoisotopic (exact) mass is 319 g/mol. The summed E-state index contributed by atoms with van der Waals surface area (Å²) < 4.78 is 26.5. The average molecular weight is 319 g/mol. The van der Waals surface area contributed by atoms with Crippen LogP contribution in [0.4, 0.5) is 4.39 Å². The van der Waals surface area contributed by atoms with Crippen LogP contribution >= 0.6 is 11.3 Å². The molecular weight excluding hydrogens is 300 g/mol. The van der Waals surface area contributed by atoms with Gasteiger partial charge in [0.2, 0.25) is 0 Å². The van der Waals surface area contributed by atoms with Crippen LogP contribution in [-0.2, 0) is 9.31 Å². The van der Waals surface area contributed by atoms with E-state index in [2.05, 4.69) is 4.98 Å². The van der Waals surface area contributed by atoms with Crippen LogP contribution in [0.3, 0.4) is 0 Å². The zero-order valence-electron chi connectivity index (χ0n) is 13.4. The third-order valence-electron chi connectivity index (χ3n) is 4.51. The molecule has 3 nitrogen and oxygen atoms in total. The molecule has 1 saturated heterocycles. The van der Waals surface area contributed by atoms with Gasteiger partial charge in [0.1, 0.15) is 5.82 Å². The molecule has 2 aromatic rings. The van der Waals surface area contributed by atoms with Gasteiger partial charge in [0, 0.05) is 5.56 Å². The second-order valence-corrected chi connectivity index (χ2v) is 7.50. The van der Waals surface area contributed by atoms with E-state index in [1.54, 1.807) is 11.6 Å². The number of rotatable bonds is 2. The second-order valence-electron chi connectivity index (χ2n) is 6.61. The largest absolute Gasteiger partial charge is 0.507 e. The van der Waals surface area contributed by atoms with Crippen molar-refractivity contribution in [1.82, 2.24) is 4.98 Å². The topological polar surface area (TPSA) is 31.4 Å². The molecule has 1 aliphatic heterocycles. The van der Waals surface area contributed by atoms with E-state index in [9.17, 15) is 4.39 Å². The van der Waals surface area contributed by atoms with Gasteiger partial charge in [-0.3, -0.25) is 0 Å². The van der Waals surface area contributed by atoms with Gasteiger partial charge < -0.3 is 9.31 Å². The molecule has 0 spiro atoms. The average Bonchev–Trinajstić information content (AvgIpc) is 2.93. The number of aryl methyl sites for hydroxylation is 1. The van der Waals surface area contributed by atoms with Gasteiger partial charge >= 0.3 is 7.12 Å². The van der Waals surface area contributed by atoms with E-state index in [-0.39, 0.29) is 5.82 Å². The van der Waals surface area contributed by atoms with Gasteiger partial charge in [-0.25, -0.2) is 9.37 Å². The highest BCUT2D eigenvalue weighted by molar-refractivity contribution is 7.21. The summed E-state index contributed by atoms with van der Waals surface area (Å²) in [6, 6.07) is 4.73. The van der Waals surface area contributed by atoms with Crippen molar-refractivity contribution in [3.63, 3.8) is 0 Å². The van der Waals surface area contributed by atoms with Crippen LogP contribution < -0.4 is 4.78 Å². The first kappa shape index (κ1) is 15.7. The normalized spacial score (nSPS) is 19.6. The Morgan fingerprint density at radius 3 is 2.36 bits per heavy atom. The highest BCUT2D eigenvalue weighted by atomic mass is 32.1. The van der Waals surface area contributed by atoms with Crippen molar-refractivity contribution in [3.8, 4) is 11.3 Å². The van der Waals surface area contributed by atoms with Gasteiger partial charge in [-0.2, -0.15) is 0 Å². The molecule has 0 saturated carbocycles. The lowest BCUT2D eigenvalue weighted by Crippen LogP contribution is -2.41. The Hall–Kier alpha value is -1.24. The van der Waals surface area contributed by atoms with Crippen molar-refractivity contribution in [3.05, 3.63) is 35.1 Å². The van der Waals surface area contributed by atoms with E-state index in [0.29, 0.717) is 0 Å². The molecule has 116 valence electrons. The molecule has 1 aromatic carbocycles. The Bertz CT molecular complexity index is 698. The standard InChI is InChI=1S/C16H19BFNO2S/c1-10-8-11(18)6-7-12(10)13-14(22-9-19-13)17-20-15(2,3)16(4,5)21-17/h6-9H,1-5H3. The first-order valence-electron chi connectivity index (χ1n) is 7.27. The van der Waals surface area contributed by atoms with Gasteiger partial charge in [-0.05, 0) is 58.4 Å². The number of aromatic nitrogens is 1. The van der Waals surface area contributed by atoms with E-state index < -0.39 is 18.3 Å². The minimum atomic E-state index is -0.447. The molecule has 1 aliphatic rings. The van der Waals surface area contributed by atoms with Crippen LogP contribution in [0.25, 0.3) is 11.3 Å². The van der Waals surface area contributed by atoms with Crippen molar-refractivity contribution in [2.45, 2.75) is 45.8 Å². The molecule has 6 heteroatoms. The fourth-order valence-corrected chi connectivity index (χ4v) is 3.22. The van der Waals surface area contributed by atoms with Crippen molar-refractivity contribution < 1.29 is 13.7 Å². The zero-order valence-corrected chi connectivity index (χ0v) is 14.3. The Morgan fingerprint density at radius 2 is 1.77 bits per heavy atom.